The van der Waals surface area contributed by atoms with E-state index < -0.39 is 5.60 Å². The minimum absolute atomic E-state index is 0.577. The van der Waals surface area contributed by atoms with Gasteiger partial charge in [-0.25, -0.2) is 4.98 Å². The summed E-state index contributed by atoms with van der Waals surface area (Å²) in [4.78, 5) is 15.0. The van der Waals surface area contributed by atoms with Crippen molar-refractivity contribution in [3.05, 3.63) is 72.1 Å². The largest absolute Gasteiger partial charge is 0.365 e. The van der Waals surface area contributed by atoms with E-state index in [2.05, 4.69) is 17.1 Å². The van der Waals surface area contributed by atoms with Crippen LogP contribution in [-0.4, -0.2) is 41.8 Å². The van der Waals surface area contributed by atoms with Crippen LogP contribution in [0.4, 0.5) is 0 Å². The van der Waals surface area contributed by atoms with Gasteiger partial charge in [0.15, 0.2) is 0 Å². The third kappa shape index (κ3) is 3.26. The first-order valence-electron chi connectivity index (χ1n) is 8.48. The third-order valence-corrected chi connectivity index (χ3v) is 4.66. The smallest absolute Gasteiger partial charge is 0.130 e. The molecule has 1 atom stereocenters. The molecule has 1 fully saturated rings. The molecule has 0 N–H and O–H groups in total. The molecule has 1 saturated heterocycles. The van der Waals surface area contributed by atoms with Crippen LogP contribution < -0.4 is 0 Å². The predicted molar refractivity (Wildman–Crippen MR) is 95.9 cm³/mol. The van der Waals surface area contributed by atoms with E-state index in [0.717, 1.165) is 29.7 Å². The van der Waals surface area contributed by atoms with Crippen LogP contribution in [0.2, 0.25) is 0 Å². The van der Waals surface area contributed by atoms with Crippen LogP contribution in [0.5, 0.6) is 0 Å². The third-order valence-electron chi connectivity index (χ3n) is 4.66. The van der Waals surface area contributed by atoms with Gasteiger partial charge in [-0.15, -0.1) is 0 Å². The maximum atomic E-state index is 6.31. The van der Waals surface area contributed by atoms with Crippen LogP contribution in [-0.2, 0) is 21.6 Å². The van der Waals surface area contributed by atoms with Gasteiger partial charge in [-0.2, -0.15) is 5.06 Å². The predicted octanol–water partition coefficient (Wildman–Crippen LogP) is 2.96. The SMILES string of the molecule is CON1CCOC(Cc2ccccc2)(c2cnc3ccccc3n2)C1. The number of morpholine rings is 1. The van der Waals surface area contributed by atoms with E-state index in [4.69, 9.17) is 14.6 Å². The summed E-state index contributed by atoms with van der Waals surface area (Å²) >= 11 is 0. The van der Waals surface area contributed by atoms with E-state index in [0.29, 0.717) is 13.2 Å². The van der Waals surface area contributed by atoms with Crippen molar-refractivity contribution in [2.75, 3.05) is 26.8 Å². The Bertz CT molecular complexity index is 856. The molecule has 0 aliphatic carbocycles. The fraction of sp³-hybridized carbons (Fsp3) is 0.300. The highest BCUT2D eigenvalue weighted by molar-refractivity contribution is 5.73. The molecule has 1 aliphatic rings. The van der Waals surface area contributed by atoms with Gasteiger partial charge in [-0.1, -0.05) is 42.5 Å². The van der Waals surface area contributed by atoms with Crippen molar-refractivity contribution in [3.63, 3.8) is 0 Å². The Morgan fingerprint density at radius 3 is 2.64 bits per heavy atom. The molecule has 0 amide bonds. The quantitative estimate of drug-likeness (QED) is 0.734. The highest BCUT2D eigenvalue weighted by Crippen LogP contribution is 2.33. The van der Waals surface area contributed by atoms with Crippen molar-refractivity contribution in [1.29, 1.82) is 0 Å². The van der Waals surface area contributed by atoms with Crippen molar-refractivity contribution < 1.29 is 9.57 Å². The number of ether oxygens (including phenoxy) is 1. The van der Waals surface area contributed by atoms with Gasteiger partial charge in [0.1, 0.15) is 5.60 Å². The topological polar surface area (TPSA) is 47.5 Å². The Morgan fingerprint density at radius 2 is 1.84 bits per heavy atom. The molecule has 4 rings (SSSR count). The number of hydroxylamine groups is 2. The molecule has 128 valence electrons. The second kappa shape index (κ2) is 6.88. The number of fused-ring (bicyclic) bond motifs is 1. The number of hydrogen-bond donors (Lipinski definition) is 0. The Kier molecular flexibility index (Phi) is 4.44. The monoisotopic (exact) mass is 335 g/mol. The normalized spacial score (nSPS) is 21.5. The summed E-state index contributed by atoms with van der Waals surface area (Å²) in [5.74, 6) is 0. The lowest BCUT2D eigenvalue weighted by Gasteiger charge is -2.41. The Balaban J connectivity index is 1.78. The van der Waals surface area contributed by atoms with Gasteiger partial charge in [-0.05, 0) is 17.7 Å². The van der Waals surface area contributed by atoms with Gasteiger partial charge >= 0.3 is 0 Å². The van der Waals surface area contributed by atoms with E-state index in [1.807, 2.05) is 53.7 Å². The summed E-state index contributed by atoms with van der Waals surface area (Å²) < 4.78 is 6.31. The first-order chi connectivity index (χ1) is 12.3. The van der Waals surface area contributed by atoms with E-state index in [1.54, 1.807) is 7.11 Å². The molecule has 5 heteroatoms. The van der Waals surface area contributed by atoms with Crippen LogP contribution in [0.25, 0.3) is 11.0 Å². The average Bonchev–Trinajstić information content (AvgIpc) is 2.68. The van der Waals surface area contributed by atoms with Gasteiger partial charge in [0.25, 0.3) is 0 Å². The minimum atomic E-state index is -0.577. The molecule has 1 unspecified atom stereocenters. The Labute approximate surface area is 147 Å². The van der Waals surface area contributed by atoms with Crippen LogP contribution in [0, 0.1) is 0 Å². The van der Waals surface area contributed by atoms with Crippen LogP contribution >= 0.6 is 0 Å². The zero-order valence-electron chi connectivity index (χ0n) is 14.3. The standard InChI is InChI=1S/C20H21N3O2/c1-24-23-11-12-25-20(15-23,13-16-7-3-2-4-8-16)19-14-21-17-9-5-6-10-18(17)22-19/h2-10,14H,11-13,15H2,1H3. The molecule has 2 aromatic carbocycles. The number of nitrogens with zero attached hydrogens (tertiary/aromatic N) is 3. The van der Waals surface area contributed by atoms with Gasteiger partial charge < -0.3 is 9.57 Å². The summed E-state index contributed by atoms with van der Waals surface area (Å²) in [5, 5.41) is 1.93. The van der Waals surface area contributed by atoms with E-state index in [1.165, 1.54) is 5.56 Å². The molecular formula is C20H21N3O2. The summed E-state index contributed by atoms with van der Waals surface area (Å²) in [6.07, 6.45) is 2.56. The van der Waals surface area contributed by atoms with Gasteiger partial charge in [0.2, 0.25) is 0 Å². The maximum absolute atomic E-state index is 6.31. The van der Waals surface area contributed by atoms with Gasteiger partial charge in [0, 0.05) is 13.0 Å². The van der Waals surface area contributed by atoms with E-state index in [-0.39, 0.29) is 0 Å². The average molecular weight is 335 g/mol. The molecule has 25 heavy (non-hydrogen) atoms. The van der Waals surface area contributed by atoms with Gasteiger partial charge in [0.05, 0.1) is 43.2 Å². The summed E-state index contributed by atoms with van der Waals surface area (Å²) in [6, 6.07) is 18.3. The first-order valence-corrected chi connectivity index (χ1v) is 8.48. The van der Waals surface area contributed by atoms with Crippen LogP contribution in [0.1, 0.15) is 11.3 Å². The molecule has 2 heterocycles. The fourth-order valence-corrected chi connectivity index (χ4v) is 3.36. The summed E-state index contributed by atoms with van der Waals surface area (Å²) in [7, 11) is 1.70. The number of para-hydroxylation sites is 2. The lowest BCUT2D eigenvalue weighted by Crippen LogP contribution is -2.51. The number of rotatable bonds is 4. The highest BCUT2D eigenvalue weighted by atomic mass is 16.7. The zero-order chi connectivity index (χ0) is 17.1. The van der Waals surface area contributed by atoms with Crippen molar-refractivity contribution in [1.82, 2.24) is 15.0 Å². The molecule has 0 saturated carbocycles. The van der Waals surface area contributed by atoms with Crippen molar-refractivity contribution >= 4 is 11.0 Å². The lowest BCUT2D eigenvalue weighted by atomic mass is 9.89. The summed E-state index contributed by atoms with van der Waals surface area (Å²) in [5.41, 5.74) is 3.24. The van der Waals surface area contributed by atoms with E-state index in [9.17, 15) is 0 Å². The minimum Gasteiger partial charge on any atom is -0.365 e. The molecular weight excluding hydrogens is 314 g/mol. The highest BCUT2D eigenvalue weighted by Gasteiger charge is 2.40. The lowest BCUT2D eigenvalue weighted by molar-refractivity contribution is -0.230. The van der Waals surface area contributed by atoms with Crippen LogP contribution in [0.15, 0.2) is 60.8 Å². The van der Waals surface area contributed by atoms with Crippen molar-refractivity contribution in [3.8, 4) is 0 Å². The number of aromatic nitrogens is 2. The fourth-order valence-electron chi connectivity index (χ4n) is 3.36. The van der Waals surface area contributed by atoms with Gasteiger partial charge in [-0.3, -0.25) is 4.98 Å². The molecule has 1 aliphatic heterocycles. The molecule has 3 aromatic rings. The molecule has 0 radical (unpaired) electrons. The Morgan fingerprint density at radius 1 is 1.08 bits per heavy atom. The number of benzene rings is 2. The molecule has 1 aromatic heterocycles. The second-order valence-corrected chi connectivity index (χ2v) is 6.30. The van der Waals surface area contributed by atoms with Crippen molar-refractivity contribution in [2.45, 2.75) is 12.0 Å². The number of hydrogen-bond acceptors (Lipinski definition) is 5. The van der Waals surface area contributed by atoms with Crippen molar-refractivity contribution in [2.24, 2.45) is 0 Å². The van der Waals surface area contributed by atoms with E-state index >= 15 is 0 Å². The molecule has 0 bridgehead atoms. The van der Waals surface area contributed by atoms with Crippen LogP contribution in [0.3, 0.4) is 0 Å². The second-order valence-electron chi connectivity index (χ2n) is 6.30. The Hall–Kier alpha value is -2.34. The summed E-state index contributed by atoms with van der Waals surface area (Å²) in [6.45, 7) is 1.95. The molecule has 5 nitrogen and oxygen atoms in total. The first kappa shape index (κ1) is 16.1. The molecule has 0 spiro atoms. The zero-order valence-corrected chi connectivity index (χ0v) is 14.3. The maximum Gasteiger partial charge on any atom is 0.130 e.